The monoisotopic (exact) mass is 286 g/mol. The molecule has 2 rings (SSSR count). The molecule has 1 aromatic rings. The summed E-state index contributed by atoms with van der Waals surface area (Å²) < 4.78 is 28.4. The summed E-state index contributed by atoms with van der Waals surface area (Å²) in [5.41, 5.74) is 6.40. The Kier molecular flexibility index (Phi) is 4.68. The van der Waals surface area contributed by atoms with Gasteiger partial charge in [0.2, 0.25) is 0 Å². The van der Waals surface area contributed by atoms with Gasteiger partial charge in [0.25, 0.3) is 0 Å². The molecule has 0 bridgehead atoms. The number of rotatable bonds is 3. The van der Waals surface area contributed by atoms with E-state index >= 15 is 0 Å². The predicted octanol–water partition coefficient (Wildman–Crippen LogP) is 2.80. The van der Waals surface area contributed by atoms with Gasteiger partial charge in [0, 0.05) is 30.1 Å². The van der Waals surface area contributed by atoms with Gasteiger partial charge in [-0.3, -0.25) is 0 Å². The third kappa shape index (κ3) is 3.39. The van der Waals surface area contributed by atoms with Crippen LogP contribution in [0.5, 0.6) is 0 Å². The van der Waals surface area contributed by atoms with E-state index in [1.54, 1.807) is 0 Å². The highest BCUT2D eigenvalue weighted by Crippen LogP contribution is 2.30. The van der Waals surface area contributed by atoms with Crippen molar-refractivity contribution in [1.29, 1.82) is 0 Å². The Labute approximate surface area is 117 Å². The Morgan fingerprint density at radius 2 is 2.05 bits per heavy atom. The maximum absolute atomic E-state index is 14.2. The first-order chi connectivity index (χ1) is 8.99. The van der Waals surface area contributed by atoms with Crippen LogP contribution in [0.15, 0.2) is 12.1 Å². The summed E-state index contributed by atoms with van der Waals surface area (Å²) in [6, 6.07) is 2.88. The van der Waals surface area contributed by atoms with Gasteiger partial charge in [-0.15, -0.1) is 0 Å². The molecule has 1 fully saturated rings. The molecule has 2 N–H and O–H groups in total. The van der Waals surface area contributed by atoms with Crippen molar-refractivity contribution in [3.05, 3.63) is 29.3 Å². The first-order valence-electron chi connectivity index (χ1n) is 6.57. The molecule has 0 spiro atoms. The molecule has 2 atom stereocenters. The van der Waals surface area contributed by atoms with Crippen LogP contribution in [0, 0.1) is 11.6 Å². The minimum absolute atomic E-state index is 0.102. The lowest BCUT2D eigenvalue weighted by atomic mass is 10.1. The van der Waals surface area contributed by atoms with E-state index in [1.165, 1.54) is 12.1 Å². The zero-order chi connectivity index (χ0) is 14.0. The lowest BCUT2D eigenvalue weighted by molar-refractivity contribution is 0.554. The maximum atomic E-state index is 14.2. The molecule has 0 saturated carbocycles. The van der Waals surface area contributed by atoms with Crippen molar-refractivity contribution in [3.8, 4) is 0 Å². The Morgan fingerprint density at radius 3 is 2.58 bits per heavy atom. The summed E-state index contributed by atoms with van der Waals surface area (Å²) in [6.45, 7) is 4.51. The smallest absolute Gasteiger partial charge is 0.149 e. The van der Waals surface area contributed by atoms with E-state index in [-0.39, 0.29) is 17.8 Å². The molecule has 1 heterocycles. The fraction of sp³-hybridized carbons (Fsp3) is 0.571. The molecule has 0 aliphatic carbocycles. The van der Waals surface area contributed by atoms with E-state index in [4.69, 9.17) is 5.73 Å². The van der Waals surface area contributed by atoms with Crippen molar-refractivity contribution in [3.63, 3.8) is 0 Å². The van der Waals surface area contributed by atoms with Crippen LogP contribution in [0.3, 0.4) is 0 Å². The summed E-state index contributed by atoms with van der Waals surface area (Å²) in [6.07, 6.45) is 0.486. The summed E-state index contributed by atoms with van der Waals surface area (Å²) in [5, 5.41) is 0. The van der Waals surface area contributed by atoms with E-state index in [0.29, 0.717) is 18.5 Å². The first kappa shape index (κ1) is 14.6. The SMILES string of the molecule is CC(N)Cc1cc(F)c(N2CCSCC2C)c(F)c1. The second-order valence-electron chi connectivity index (χ2n) is 5.21. The Hall–Kier alpha value is -0.810. The summed E-state index contributed by atoms with van der Waals surface area (Å²) in [5.74, 6) is 0.856. The Bertz CT molecular complexity index is 428. The van der Waals surface area contributed by atoms with Crippen LogP contribution in [0.25, 0.3) is 0 Å². The molecule has 2 nitrogen and oxygen atoms in total. The molecule has 19 heavy (non-hydrogen) atoms. The number of anilines is 1. The van der Waals surface area contributed by atoms with E-state index in [0.717, 1.165) is 11.5 Å². The number of hydrogen-bond acceptors (Lipinski definition) is 3. The number of nitrogens with two attached hydrogens (primary N) is 1. The molecule has 5 heteroatoms. The van der Waals surface area contributed by atoms with E-state index in [9.17, 15) is 8.78 Å². The summed E-state index contributed by atoms with van der Waals surface area (Å²) in [4.78, 5) is 1.83. The Balaban J connectivity index is 2.30. The molecular weight excluding hydrogens is 266 g/mol. The third-order valence-corrected chi connectivity index (χ3v) is 4.48. The van der Waals surface area contributed by atoms with Crippen molar-refractivity contribution in [2.45, 2.75) is 32.4 Å². The normalized spacial score (nSPS) is 21.5. The van der Waals surface area contributed by atoms with E-state index in [2.05, 4.69) is 0 Å². The summed E-state index contributed by atoms with van der Waals surface area (Å²) >= 11 is 1.82. The van der Waals surface area contributed by atoms with Gasteiger partial charge in [-0.2, -0.15) is 11.8 Å². The van der Waals surface area contributed by atoms with Gasteiger partial charge in [0.1, 0.15) is 17.3 Å². The zero-order valence-corrected chi connectivity index (χ0v) is 12.1. The Morgan fingerprint density at radius 1 is 1.42 bits per heavy atom. The highest BCUT2D eigenvalue weighted by atomic mass is 32.2. The molecule has 1 aliphatic rings. The second-order valence-corrected chi connectivity index (χ2v) is 6.36. The molecule has 2 unspecified atom stereocenters. The fourth-order valence-corrected chi connectivity index (χ4v) is 3.45. The van der Waals surface area contributed by atoms with Gasteiger partial charge >= 0.3 is 0 Å². The lowest BCUT2D eigenvalue weighted by Gasteiger charge is -2.35. The van der Waals surface area contributed by atoms with Crippen LogP contribution in [-0.2, 0) is 6.42 Å². The van der Waals surface area contributed by atoms with Crippen molar-refractivity contribution in [1.82, 2.24) is 0 Å². The van der Waals surface area contributed by atoms with Gasteiger partial charge in [0.15, 0.2) is 0 Å². The quantitative estimate of drug-likeness (QED) is 0.926. The second kappa shape index (κ2) is 6.09. The fourth-order valence-electron chi connectivity index (χ4n) is 2.44. The molecular formula is C14H20F2N2S. The molecule has 0 aromatic heterocycles. The van der Waals surface area contributed by atoms with Crippen LogP contribution < -0.4 is 10.6 Å². The molecule has 0 amide bonds. The molecule has 106 valence electrons. The minimum atomic E-state index is -0.477. The summed E-state index contributed by atoms with van der Waals surface area (Å²) in [7, 11) is 0. The van der Waals surface area contributed by atoms with Gasteiger partial charge in [0.05, 0.1) is 0 Å². The molecule has 1 saturated heterocycles. The van der Waals surface area contributed by atoms with Gasteiger partial charge in [-0.1, -0.05) is 0 Å². The van der Waals surface area contributed by atoms with Crippen molar-refractivity contribution < 1.29 is 8.78 Å². The molecule has 1 aliphatic heterocycles. The number of benzene rings is 1. The average Bonchev–Trinajstić information content (AvgIpc) is 2.29. The van der Waals surface area contributed by atoms with Gasteiger partial charge < -0.3 is 10.6 Å². The first-order valence-corrected chi connectivity index (χ1v) is 7.72. The van der Waals surface area contributed by atoms with Crippen LogP contribution in [0.1, 0.15) is 19.4 Å². The van der Waals surface area contributed by atoms with Crippen molar-refractivity contribution >= 4 is 17.4 Å². The number of nitrogens with zero attached hydrogens (tertiary/aromatic N) is 1. The van der Waals surface area contributed by atoms with Crippen LogP contribution >= 0.6 is 11.8 Å². The van der Waals surface area contributed by atoms with Gasteiger partial charge in [-0.25, -0.2) is 8.78 Å². The third-order valence-electron chi connectivity index (χ3n) is 3.29. The predicted molar refractivity (Wildman–Crippen MR) is 77.8 cm³/mol. The lowest BCUT2D eigenvalue weighted by Crippen LogP contribution is -2.41. The van der Waals surface area contributed by atoms with Crippen LogP contribution in [0.2, 0.25) is 0 Å². The van der Waals surface area contributed by atoms with Crippen molar-refractivity contribution in [2.24, 2.45) is 5.73 Å². The van der Waals surface area contributed by atoms with E-state index in [1.807, 2.05) is 30.5 Å². The van der Waals surface area contributed by atoms with Crippen LogP contribution in [0.4, 0.5) is 14.5 Å². The van der Waals surface area contributed by atoms with E-state index < -0.39 is 11.6 Å². The van der Waals surface area contributed by atoms with Crippen molar-refractivity contribution in [2.75, 3.05) is 23.0 Å². The highest BCUT2D eigenvalue weighted by molar-refractivity contribution is 7.99. The van der Waals surface area contributed by atoms with Gasteiger partial charge in [-0.05, 0) is 38.0 Å². The number of thioether (sulfide) groups is 1. The maximum Gasteiger partial charge on any atom is 0.149 e. The largest absolute Gasteiger partial charge is 0.362 e. The average molecular weight is 286 g/mol. The standard InChI is InChI=1S/C14H20F2N2S/c1-9(17)5-11-6-12(15)14(13(16)7-11)18-3-4-19-8-10(18)2/h6-7,9-10H,3-5,8,17H2,1-2H3. The van der Waals surface area contributed by atoms with Crippen LogP contribution in [-0.4, -0.2) is 30.1 Å². The zero-order valence-electron chi connectivity index (χ0n) is 11.3. The number of halogens is 2. The topological polar surface area (TPSA) is 29.3 Å². The molecule has 1 aromatic carbocycles. The number of hydrogen-bond donors (Lipinski definition) is 1. The highest BCUT2D eigenvalue weighted by Gasteiger charge is 2.25. The minimum Gasteiger partial charge on any atom is -0.362 e. The molecule has 0 radical (unpaired) electrons.